The molecule has 0 saturated heterocycles. The topological polar surface area (TPSA) is 108 Å². The number of alkyl carbamates (subject to hydrolysis) is 1. The van der Waals surface area contributed by atoms with Crippen molar-refractivity contribution in [3.05, 3.63) is 64.7 Å². The minimum absolute atomic E-state index is 0.0535. The number of aromatic hydroxyl groups is 1. The Labute approximate surface area is 244 Å². The van der Waals surface area contributed by atoms with Gasteiger partial charge in [-0.25, -0.2) is 4.79 Å². The van der Waals surface area contributed by atoms with Crippen molar-refractivity contribution < 1.29 is 24.2 Å². The lowest BCUT2D eigenvalue weighted by Crippen LogP contribution is -2.55. The van der Waals surface area contributed by atoms with Crippen molar-refractivity contribution in [3.63, 3.8) is 0 Å². The van der Waals surface area contributed by atoms with Gasteiger partial charge < -0.3 is 25.4 Å². The summed E-state index contributed by atoms with van der Waals surface area (Å²) in [5.41, 5.74) is 2.76. The predicted octanol–water partition coefficient (Wildman–Crippen LogP) is 5.73. The van der Waals surface area contributed by atoms with Crippen LogP contribution in [0.1, 0.15) is 89.1 Å². The molecule has 1 aliphatic carbocycles. The standard InChI is InChI=1S/C33H47N3O5/c1-9-10-23(5)34-30(38)29(25-16-20(2)15-21(3)17-25)36(28-18-22(28)4)31(39)27(35-32(40)41-33(6,7)8)19-24-11-13-26(37)14-12-24/h11-17,22-23,27-29,37H,9-10,18-19H2,1-8H3,(H,34,38)(H,35,40). The molecule has 0 spiro atoms. The zero-order valence-corrected chi connectivity index (χ0v) is 25.8. The first-order chi connectivity index (χ1) is 19.2. The van der Waals surface area contributed by atoms with Gasteiger partial charge in [-0.05, 0) is 83.6 Å². The smallest absolute Gasteiger partial charge is 0.408 e. The second kappa shape index (κ2) is 13.4. The largest absolute Gasteiger partial charge is 0.508 e. The maximum absolute atomic E-state index is 14.6. The Morgan fingerprint density at radius 3 is 2.15 bits per heavy atom. The number of aryl methyl sites for hydroxylation is 2. The summed E-state index contributed by atoms with van der Waals surface area (Å²) in [6, 6.07) is 10.4. The van der Waals surface area contributed by atoms with Crippen molar-refractivity contribution >= 4 is 17.9 Å². The summed E-state index contributed by atoms with van der Waals surface area (Å²) in [4.78, 5) is 43.2. The predicted molar refractivity (Wildman–Crippen MR) is 161 cm³/mol. The number of hydrogen-bond donors (Lipinski definition) is 3. The van der Waals surface area contributed by atoms with Gasteiger partial charge in [-0.3, -0.25) is 9.59 Å². The van der Waals surface area contributed by atoms with Crippen molar-refractivity contribution in [1.82, 2.24) is 15.5 Å². The minimum atomic E-state index is -0.989. The molecule has 0 aliphatic heterocycles. The normalized spacial score (nSPS) is 18.5. The molecule has 3 N–H and O–H groups in total. The molecular formula is C33H47N3O5. The van der Waals surface area contributed by atoms with Crippen LogP contribution >= 0.6 is 0 Å². The molecule has 5 unspecified atom stereocenters. The molecule has 224 valence electrons. The van der Waals surface area contributed by atoms with E-state index < -0.39 is 23.8 Å². The van der Waals surface area contributed by atoms with Gasteiger partial charge >= 0.3 is 6.09 Å². The van der Waals surface area contributed by atoms with Crippen LogP contribution in [-0.4, -0.2) is 51.6 Å². The van der Waals surface area contributed by atoms with Crippen LogP contribution in [0.3, 0.4) is 0 Å². The average molecular weight is 566 g/mol. The number of phenols is 1. The Morgan fingerprint density at radius 2 is 1.63 bits per heavy atom. The summed E-state index contributed by atoms with van der Waals surface area (Å²) >= 11 is 0. The number of benzene rings is 2. The molecule has 0 radical (unpaired) electrons. The molecular weight excluding hydrogens is 518 g/mol. The highest BCUT2D eigenvalue weighted by molar-refractivity contribution is 5.93. The van der Waals surface area contributed by atoms with Gasteiger partial charge in [0.1, 0.15) is 23.4 Å². The van der Waals surface area contributed by atoms with E-state index in [1.165, 1.54) is 0 Å². The average Bonchev–Trinajstić information content (AvgIpc) is 3.56. The molecule has 1 aliphatic rings. The zero-order chi connectivity index (χ0) is 30.5. The van der Waals surface area contributed by atoms with Gasteiger partial charge in [-0.1, -0.05) is 61.7 Å². The maximum Gasteiger partial charge on any atom is 0.408 e. The van der Waals surface area contributed by atoms with E-state index in [0.29, 0.717) is 0 Å². The summed E-state index contributed by atoms with van der Waals surface area (Å²) in [5.74, 6) is -0.258. The number of rotatable bonds is 11. The van der Waals surface area contributed by atoms with Gasteiger partial charge in [-0.2, -0.15) is 0 Å². The van der Waals surface area contributed by atoms with Gasteiger partial charge in [0.15, 0.2) is 0 Å². The number of nitrogens with one attached hydrogen (secondary N) is 2. The second-order valence-corrected chi connectivity index (χ2v) is 12.6. The van der Waals surface area contributed by atoms with Crippen LogP contribution in [0.25, 0.3) is 0 Å². The third-order valence-electron chi connectivity index (χ3n) is 7.24. The van der Waals surface area contributed by atoms with Crippen molar-refractivity contribution in [1.29, 1.82) is 0 Å². The van der Waals surface area contributed by atoms with E-state index in [1.54, 1.807) is 49.9 Å². The van der Waals surface area contributed by atoms with Gasteiger partial charge in [-0.15, -0.1) is 0 Å². The number of hydrogen-bond acceptors (Lipinski definition) is 5. The number of ether oxygens (including phenoxy) is 1. The highest BCUT2D eigenvalue weighted by atomic mass is 16.6. The zero-order valence-electron chi connectivity index (χ0n) is 25.8. The Morgan fingerprint density at radius 1 is 1.05 bits per heavy atom. The fraction of sp³-hybridized carbons (Fsp3) is 0.545. The Kier molecular flexibility index (Phi) is 10.5. The van der Waals surface area contributed by atoms with Crippen molar-refractivity contribution in [2.45, 2.75) is 111 Å². The van der Waals surface area contributed by atoms with Crippen LogP contribution in [0.5, 0.6) is 5.75 Å². The van der Waals surface area contributed by atoms with Crippen LogP contribution in [-0.2, 0) is 20.7 Å². The number of phenolic OH excluding ortho intramolecular Hbond substituents is 1. The van der Waals surface area contributed by atoms with Gasteiger partial charge in [0.25, 0.3) is 0 Å². The van der Waals surface area contributed by atoms with Crippen LogP contribution in [0.15, 0.2) is 42.5 Å². The molecule has 1 fully saturated rings. The Balaban J connectivity index is 2.07. The van der Waals surface area contributed by atoms with Crippen molar-refractivity contribution in [2.24, 2.45) is 5.92 Å². The van der Waals surface area contributed by atoms with E-state index in [9.17, 15) is 19.5 Å². The molecule has 2 aromatic carbocycles. The highest BCUT2D eigenvalue weighted by Gasteiger charge is 2.48. The van der Waals surface area contributed by atoms with Gasteiger partial charge in [0.2, 0.25) is 11.8 Å². The van der Waals surface area contributed by atoms with Gasteiger partial charge in [0, 0.05) is 18.5 Å². The van der Waals surface area contributed by atoms with Crippen LogP contribution in [0, 0.1) is 19.8 Å². The van der Waals surface area contributed by atoms with Crippen LogP contribution in [0.4, 0.5) is 4.79 Å². The van der Waals surface area contributed by atoms with Crippen molar-refractivity contribution in [3.8, 4) is 5.75 Å². The lowest BCUT2D eigenvalue weighted by molar-refractivity contribution is -0.143. The molecule has 0 heterocycles. The minimum Gasteiger partial charge on any atom is -0.508 e. The van der Waals surface area contributed by atoms with Crippen molar-refractivity contribution in [2.75, 3.05) is 0 Å². The first-order valence-electron chi connectivity index (χ1n) is 14.7. The quantitative estimate of drug-likeness (QED) is 0.323. The molecule has 3 rings (SSSR count). The molecule has 0 aromatic heterocycles. The molecule has 3 amide bonds. The fourth-order valence-corrected chi connectivity index (χ4v) is 5.30. The lowest BCUT2D eigenvalue weighted by atomic mass is 9.96. The molecule has 8 nitrogen and oxygen atoms in total. The number of carbonyl (C=O) groups is 3. The summed E-state index contributed by atoms with van der Waals surface area (Å²) < 4.78 is 5.52. The molecule has 1 saturated carbocycles. The number of carbonyl (C=O) groups excluding carboxylic acids is 3. The SMILES string of the molecule is CCCC(C)NC(=O)C(c1cc(C)cc(C)c1)N(C(=O)C(Cc1ccc(O)cc1)NC(=O)OC(C)(C)C)C1CC1C. The summed E-state index contributed by atoms with van der Waals surface area (Å²) in [5, 5.41) is 15.7. The molecule has 2 aromatic rings. The fourth-order valence-electron chi connectivity index (χ4n) is 5.30. The Bertz CT molecular complexity index is 1200. The maximum atomic E-state index is 14.6. The number of amides is 3. The molecule has 41 heavy (non-hydrogen) atoms. The highest BCUT2D eigenvalue weighted by Crippen LogP contribution is 2.41. The van der Waals surface area contributed by atoms with Gasteiger partial charge in [0.05, 0.1) is 0 Å². The van der Waals surface area contributed by atoms with E-state index >= 15 is 0 Å². The van der Waals surface area contributed by atoms with Crippen LogP contribution < -0.4 is 10.6 Å². The molecule has 8 heteroatoms. The van der Waals surface area contributed by atoms with E-state index in [0.717, 1.165) is 41.5 Å². The number of nitrogens with zero attached hydrogens (tertiary/aromatic N) is 1. The molecule has 0 bridgehead atoms. The third-order valence-corrected chi connectivity index (χ3v) is 7.24. The van der Waals surface area contributed by atoms with Crippen LogP contribution in [0.2, 0.25) is 0 Å². The molecule has 5 atom stereocenters. The summed E-state index contributed by atoms with van der Waals surface area (Å²) in [7, 11) is 0. The van der Waals surface area contributed by atoms with E-state index in [2.05, 4.69) is 24.5 Å². The van der Waals surface area contributed by atoms with E-state index in [-0.39, 0.29) is 42.0 Å². The lowest BCUT2D eigenvalue weighted by Gasteiger charge is -2.36. The monoisotopic (exact) mass is 565 g/mol. The summed E-state index contributed by atoms with van der Waals surface area (Å²) in [6.45, 7) is 15.4. The van der Waals surface area contributed by atoms with E-state index in [1.807, 2.05) is 39.0 Å². The third kappa shape index (κ3) is 9.23. The first kappa shape index (κ1) is 32.0. The van der Waals surface area contributed by atoms with E-state index in [4.69, 9.17) is 4.74 Å². The summed E-state index contributed by atoms with van der Waals surface area (Å²) in [6.07, 6.45) is 1.98. The first-order valence-corrected chi connectivity index (χ1v) is 14.7. The second-order valence-electron chi connectivity index (χ2n) is 12.6. The Hall–Kier alpha value is -3.55.